The van der Waals surface area contributed by atoms with Gasteiger partial charge in [0.15, 0.2) is 5.82 Å². The molecule has 3 N–H and O–H groups in total. The lowest BCUT2D eigenvalue weighted by molar-refractivity contribution is 0.877. The maximum Gasteiger partial charge on any atom is 0.171 e. The van der Waals surface area contributed by atoms with Gasteiger partial charge in [0, 0.05) is 5.69 Å². The first-order valence-electron chi connectivity index (χ1n) is 6.81. The highest BCUT2D eigenvalue weighted by Crippen LogP contribution is 2.33. The average molecular weight is 336 g/mol. The number of anilines is 3. The standard InChI is InChI=1S/C15H15Cl2N5/c1-3-9-10(7-18)15(22-21-13(9)4-2)20-8-5-11(16)14(19)12(17)6-8/h5-6H,3-4,19H2,1-2H3,(H,20,22). The van der Waals surface area contributed by atoms with Crippen molar-refractivity contribution in [3.8, 4) is 6.07 Å². The zero-order valence-electron chi connectivity index (χ0n) is 12.2. The molecular weight excluding hydrogens is 321 g/mol. The summed E-state index contributed by atoms with van der Waals surface area (Å²) in [4.78, 5) is 0. The van der Waals surface area contributed by atoms with Crippen molar-refractivity contribution in [3.05, 3.63) is 39.0 Å². The molecule has 1 heterocycles. The maximum absolute atomic E-state index is 9.45. The summed E-state index contributed by atoms with van der Waals surface area (Å²) in [5, 5.41) is 21.4. The van der Waals surface area contributed by atoms with Crippen molar-refractivity contribution in [2.75, 3.05) is 11.1 Å². The summed E-state index contributed by atoms with van der Waals surface area (Å²) in [6.45, 7) is 3.97. The smallest absolute Gasteiger partial charge is 0.171 e. The first-order chi connectivity index (χ1) is 10.5. The van der Waals surface area contributed by atoms with Gasteiger partial charge < -0.3 is 11.1 Å². The topological polar surface area (TPSA) is 87.6 Å². The van der Waals surface area contributed by atoms with Crippen LogP contribution in [0.1, 0.15) is 30.7 Å². The summed E-state index contributed by atoms with van der Waals surface area (Å²) in [6, 6.07) is 5.45. The molecule has 22 heavy (non-hydrogen) atoms. The summed E-state index contributed by atoms with van der Waals surface area (Å²) in [5.74, 6) is 0.383. The van der Waals surface area contributed by atoms with E-state index >= 15 is 0 Å². The Kier molecular flexibility index (Phi) is 5.07. The number of nitrogens with zero attached hydrogens (tertiary/aromatic N) is 3. The lowest BCUT2D eigenvalue weighted by Gasteiger charge is -2.13. The third-order valence-corrected chi connectivity index (χ3v) is 3.93. The predicted octanol–water partition coefficient (Wildman–Crippen LogP) is 4.11. The highest BCUT2D eigenvalue weighted by molar-refractivity contribution is 6.39. The van der Waals surface area contributed by atoms with Gasteiger partial charge in [0.1, 0.15) is 11.6 Å². The van der Waals surface area contributed by atoms with Gasteiger partial charge in [-0.25, -0.2) is 0 Å². The van der Waals surface area contributed by atoms with Crippen LogP contribution in [-0.4, -0.2) is 10.2 Å². The third kappa shape index (κ3) is 3.08. The largest absolute Gasteiger partial charge is 0.396 e. The van der Waals surface area contributed by atoms with Crippen LogP contribution < -0.4 is 11.1 Å². The highest BCUT2D eigenvalue weighted by Gasteiger charge is 2.15. The number of benzene rings is 1. The summed E-state index contributed by atoms with van der Waals surface area (Å²) in [6.07, 6.45) is 1.43. The number of aryl methyl sites for hydroxylation is 1. The second-order valence-electron chi connectivity index (χ2n) is 4.65. The fraction of sp³-hybridized carbons (Fsp3) is 0.267. The number of aromatic nitrogens is 2. The van der Waals surface area contributed by atoms with Crippen LogP contribution in [-0.2, 0) is 12.8 Å². The Morgan fingerprint density at radius 1 is 1.18 bits per heavy atom. The number of rotatable bonds is 4. The van der Waals surface area contributed by atoms with Gasteiger partial charge in [-0.3, -0.25) is 0 Å². The summed E-state index contributed by atoms with van der Waals surface area (Å²) < 4.78 is 0. The Hall–Kier alpha value is -2.03. The zero-order valence-corrected chi connectivity index (χ0v) is 13.8. The van der Waals surface area contributed by atoms with Crippen LogP contribution in [0.25, 0.3) is 0 Å². The molecule has 2 aromatic rings. The molecule has 0 atom stereocenters. The van der Waals surface area contributed by atoms with E-state index in [9.17, 15) is 5.26 Å². The third-order valence-electron chi connectivity index (χ3n) is 3.30. The molecule has 7 heteroatoms. The SMILES string of the molecule is CCc1nnc(Nc2cc(Cl)c(N)c(Cl)c2)c(C#N)c1CC. The molecule has 0 amide bonds. The van der Waals surface area contributed by atoms with E-state index in [1.165, 1.54) is 0 Å². The minimum absolute atomic E-state index is 0.316. The molecule has 0 unspecified atom stereocenters. The molecule has 1 aromatic heterocycles. The van der Waals surface area contributed by atoms with E-state index in [4.69, 9.17) is 28.9 Å². The number of hydrogen-bond acceptors (Lipinski definition) is 5. The predicted molar refractivity (Wildman–Crippen MR) is 89.7 cm³/mol. The van der Waals surface area contributed by atoms with Gasteiger partial charge in [0.2, 0.25) is 0 Å². The van der Waals surface area contributed by atoms with Gasteiger partial charge in [0.25, 0.3) is 0 Å². The normalized spacial score (nSPS) is 10.3. The second-order valence-corrected chi connectivity index (χ2v) is 5.46. The first-order valence-corrected chi connectivity index (χ1v) is 7.57. The molecule has 0 saturated heterocycles. The van der Waals surface area contributed by atoms with Crippen molar-refractivity contribution < 1.29 is 0 Å². The van der Waals surface area contributed by atoms with E-state index in [1.54, 1.807) is 12.1 Å². The number of halogens is 2. The molecule has 0 aliphatic carbocycles. The monoisotopic (exact) mass is 335 g/mol. The van der Waals surface area contributed by atoms with Crippen LogP contribution >= 0.6 is 23.2 Å². The van der Waals surface area contributed by atoms with Gasteiger partial charge in [-0.05, 0) is 30.5 Å². The minimum atomic E-state index is 0.316. The number of hydrogen-bond donors (Lipinski definition) is 2. The number of nitrogens with two attached hydrogens (primary N) is 1. The lowest BCUT2D eigenvalue weighted by atomic mass is 10.0. The fourth-order valence-electron chi connectivity index (χ4n) is 2.17. The first kappa shape index (κ1) is 16.3. The van der Waals surface area contributed by atoms with Crippen LogP contribution in [0.4, 0.5) is 17.2 Å². The van der Waals surface area contributed by atoms with E-state index in [1.807, 2.05) is 13.8 Å². The molecule has 114 valence electrons. The van der Waals surface area contributed by atoms with Crippen LogP contribution in [0.15, 0.2) is 12.1 Å². The molecule has 0 aliphatic rings. The van der Waals surface area contributed by atoms with Crippen LogP contribution in [0.2, 0.25) is 10.0 Å². The maximum atomic E-state index is 9.45. The Morgan fingerprint density at radius 3 is 2.32 bits per heavy atom. The van der Waals surface area contributed by atoms with Crippen molar-refractivity contribution in [2.24, 2.45) is 0 Å². The Labute approximate surface area is 139 Å². The van der Waals surface area contributed by atoms with Crippen molar-refractivity contribution in [2.45, 2.75) is 26.7 Å². The lowest BCUT2D eigenvalue weighted by Crippen LogP contribution is -2.07. The van der Waals surface area contributed by atoms with Gasteiger partial charge in [0.05, 0.1) is 21.4 Å². The molecule has 0 fully saturated rings. The average Bonchev–Trinajstić information content (AvgIpc) is 2.51. The molecule has 0 spiro atoms. The fourth-order valence-corrected chi connectivity index (χ4v) is 2.66. The van der Waals surface area contributed by atoms with Crippen molar-refractivity contribution in [1.82, 2.24) is 10.2 Å². The van der Waals surface area contributed by atoms with E-state index < -0.39 is 0 Å². The van der Waals surface area contributed by atoms with Gasteiger partial charge in [-0.1, -0.05) is 37.0 Å². The number of nitrogen functional groups attached to an aromatic ring is 1. The Morgan fingerprint density at radius 2 is 1.82 bits per heavy atom. The van der Waals surface area contributed by atoms with Gasteiger partial charge in [-0.15, -0.1) is 5.10 Å². The Balaban J connectivity index is 2.49. The second kappa shape index (κ2) is 6.82. The van der Waals surface area contributed by atoms with E-state index in [-0.39, 0.29) is 0 Å². The quantitative estimate of drug-likeness (QED) is 0.821. The molecule has 0 radical (unpaired) electrons. The van der Waals surface area contributed by atoms with E-state index in [2.05, 4.69) is 21.6 Å². The summed E-state index contributed by atoms with van der Waals surface area (Å²) in [7, 11) is 0. The zero-order chi connectivity index (χ0) is 16.3. The molecule has 0 aliphatic heterocycles. The summed E-state index contributed by atoms with van der Waals surface area (Å²) >= 11 is 12.0. The van der Waals surface area contributed by atoms with Crippen LogP contribution in [0.5, 0.6) is 0 Å². The highest BCUT2D eigenvalue weighted by atomic mass is 35.5. The molecular formula is C15H15Cl2N5. The molecule has 2 rings (SSSR count). The number of nitriles is 1. The van der Waals surface area contributed by atoms with Gasteiger partial charge >= 0.3 is 0 Å². The molecule has 1 aromatic carbocycles. The Bertz CT molecular complexity index is 729. The minimum Gasteiger partial charge on any atom is -0.396 e. The summed E-state index contributed by atoms with van der Waals surface area (Å²) in [5.41, 5.74) is 8.84. The van der Waals surface area contributed by atoms with E-state index in [0.717, 1.165) is 17.7 Å². The molecule has 5 nitrogen and oxygen atoms in total. The van der Waals surface area contributed by atoms with Crippen molar-refractivity contribution >= 4 is 40.4 Å². The van der Waals surface area contributed by atoms with Crippen LogP contribution in [0.3, 0.4) is 0 Å². The van der Waals surface area contributed by atoms with E-state index in [0.29, 0.717) is 39.2 Å². The molecule has 0 saturated carbocycles. The number of nitrogens with one attached hydrogen (secondary N) is 1. The molecule has 0 bridgehead atoms. The van der Waals surface area contributed by atoms with Crippen LogP contribution in [0, 0.1) is 11.3 Å². The van der Waals surface area contributed by atoms with Crippen molar-refractivity contribution in [1.29, 1.82) is 5.26 Å². The van der Waals surface area contributed by atoms with Crippen molar-refractivity contribution in [3.63, 3.8) is 0 Å². The van der Waals surface area contributed by atoms with Gasteiger partial charge in [-0.2, -0.15) is 10.4 Å².